The van der Waals surface area contributed by atoms with E-state index in [1.165, 1.54) is 0 Å². The van der Waals surface area contributed by atoms with E-state index in [-0.39, 0.29) is 12.3 Å². The van der Waals surface area contributed by atoms with Crippen molar-refractivity contribution in [3.05, 3.63) is 0 Å². The van der Waals surface area contributed by atoms with Gasteiger partial charge in [-0.15, -0.1) is 0 Å². The standard InChI is InChI=1S/C12H23O5P/c1-5-16-12(18-15,17-6-2)10(7-9(3)4)8-11(13)14/h9-10H,5-8H2,1-4H3,(H,13,14)/p+1. The van der Waals surface area contributed by atoms with E-state index in [0.717, 1.165) is 0 Å². The van der Waals surface area contributed by atoms with Crippen molar-refractivity contribution in [2.24, 2.45) is 11.8 Å². The van der Waals surface area contributed by atoms with E-state index in [1.54, 1.807) is 13.8 Å². The number of rotatable bonds is 10. The Labute approximate surface area is 110 Å². The summed E-state index contributed by atoms with van der Waals surface area (Å²) in [5.74, 6) is -1.06. The normalized spacial score (nSPS) is 14.1. The Balaban J connectivity index is 5.14. The van der Waals surface area contributed by atoms with Crippen molar-refractivity contribution in [3.8, 4) is 0 Å². The highest BCUT2D eigenvalue weighted by Gasteiger charge is 2.50. The molecular formula is C12H24O5P+. The summed E-state index contributed by atoms with van der Waals surface area (Å²) in [4.78, 5) is 11.0. The van der Waals surface area contributed by atoms with Crippen LogP contribution in [-0.4, -0.2) is 29.8 Å². The number of hydrogen-bond acceptors (Lipinski definition) is 4. The summed E-state index contributed by atoms with van der Waals surface area (Å²) in [7, 11) is -0.846. The second-order valence-corrected chi connectivity index (χ2v) is 5.46. The van der Waals surface area contributed by atoms with Crippen LogP contribution in [0.1, 0.15) is 40.5 Å². The van der Waals surface area contributed by atoms with Gasteiger partial charge in [0.2, 0.25) is 0 Å². The first kappa shape index (κ1) is 17.5. The first-order valence-electron chi connectivity index (χ1n) is 6.30. The number of aliphatic carboxylic acids is 1. The van der Waals surface area contributed by atoms with Crippen molar-refractivity contribution in [1.29, 1.82) is 0 Å². The first-order valence-corrected chi connectivity index (χ1v) is 7.21. The van der Waals surface area contributed by atoms with Crippen LogP contribution >= 0.6 is 8.46 Å². The van der Waals surface area contributed by atoms with Gasteiger partial charge in [-0.2, -0.15) is 0 Å². The lowest BCUT2D eigenvalue weighted by Crippen LogP contribution is -2.40. The molecule has 0 fully saturated rings. The Morgan fingerprint density at radius 3 is 2.06 bits per heavy atom. The smallest absolute Gasteiger partial charge is 0.391 e. The van der Waals surface area contributed by atoms with Gasteiger partial charge in [-0.1, -0.05) is 18.4 Å². The van der Waals surface area contributed by atoms with Gasteiger partial charge in [-0.25, -0.2) is 0 Å². The Bertz CT molecular complexity index is 261. The van der Waals surface area contributed by atoms with Gasteiger partial charge in [0.15, 0.2) is 0 Å². The maximum Gasteiger partial charge on any atom is 0.391 e. The molecule has 0 aliphatic carbocycles. The summed E-state index contributed by atoms with van der Waals surface area (Å²) in [6, 6.07) is 0. The predicted octanol–water partition coefficient (Wildman–Crippen LogP) is 2.87. The fourth-order valence-corrected chi connectivity index (χ4v) is 2.79. The second-order valence-electron chi connectivity index (χ2n) is 4.56. The van der Waals surface area contributed by atoms with Crippen LogP contribution in [0.2, 0.25) is 0 Å². The van der Waals surface area contributed by atoms with E-state index >= 15 is 0 Å². The Kier molecular flexibility index (Phi) is 8.32. The lowest BCUT2D eigenvalue weighted by atomic mass is 9.93. The molecule has 0 rings (SSSR count). The average molecular weight is 279 g/mol. The maximum atomic E-state index is 11.5. The van der Waals surface area contributed by atoms with Gasteiger partial charge in [0.1, 0.15) is 0 Å². The van der Waals surface area contributed by atoms with Gasteiger partial charge >= 0.3 is 20.0 Å². The summed E-state index contributed by atoms with van der Waals surface area (Å²) < 4.78 is 22.5. The largest absolute Gasteiger partial charge is 0.481 e. The second kappa shape index (κ2) is 8.57. The van der Waals surface area contributed by atoms with Crippen LogP contribution in [-0.2, 0) is 18.8 Å². The SMILES string of the molecule is CCOC(OCC)([PH+]=O)C(CC(=O)O)CC(C)C. The molecule has 106 valence electrons. The molecule has 2 atom stereocenters. The molecule has 0 aromatic rings. The third-order valence-electron chi connectivity index (χ3n) is 2.57. The van der Waals surface area contributed by atoms with E-state index in [0.29, 0.717) is 19.6 Å². The highest BCUT2D eigenvalue weighted by Crippen LogP contribution is 2.40. The molecule has 0 aliphatic rings. The monoisotopic (exact) mass is 279 g/mol. The third kappa shape index (κ3) is 5.42. The summed E-state index contributed by atoms with van der Waals surface area (Å²) in [6.45, 7) is 8.21. The van der Waals surface area contributed by atoms with Crippen molar-refractivity contribution in [3.63, 3.8) is 0 Å². The molecule has 0 saturated carbocycles. The molecule has 0 aromatic carbocycles. The Hall–Kier alpha value is -0.510. The minimum Gasteiger partial charge on any atom is -0.481 e. The van der Waals surface area contributed by atoms with E-state index in [4.69, 9.17) is 14.6 Å². The number of carboxylic acids is 1. The lowest BCUT2D eigenvalue weighted by Gasteiger charge is -2.29. The molecule has 6 heteroatoms. The van der Waals surface area contributed by atoms with Gasteiger partial charge in [-0.3, -0.25) is 4.79 Å². The third-order valence-corrected chi connectivity index (χ3v) is 3.56. The molecule has 0 heterocycles. The molecule has 5 nitrogen and oxygen atoms in total. The molecule has 2 unspecified atom stereocenters. The van der Waals surface area contributed by atoms with E-state index in [2.05, 4.69) is 0 Å². The molecular weight excluding hydrogens is 255 g/mol. The summed E-state index contributed by atoms with van der Waals surface area (Å²) >= 11 is 0. The summed E-state index contributed by atoms with van der Waals surface area (Å²) in [5.41, 5.74) is -1.29. The molecule has 0 aromatic heterocycles. The molecule has 0 aliphatic heterocycles. The fourth-order valence-electron chi connectivity index (χ4n) is 2.00. The van der Waals surface area contributed by atoms with Gasteiger partial charge in [0.25, 0.3) is 0 Å². The number of carbonyl (C=O) groups is 1. The van der Waals surface area contributed by atoms with Crippen LogP contribution in [0.25, 0.3) is 0 Å². The van der Waals surface area contributed by atoms with E-state index in [9.17, 15) is 9.36 Å². The highest BCUT2D eigenvalue weighted by molar-refractivity contribution is 7.25. The van der Waals surface area contributed by atoms with Gasteiger partial charge in [0.05, 0.1) is 25.6 Å². The first-order chi connectivity index (χ1) is 8.41. The van der Waals surface area contributed by atoms with Crippen molar-refractivity contribution >= 4 is 14.4 Å². The van der Waals surface area contributed by atoms with Crippen molar-refractivity contribution in [2.75, 3.05) is 13.2 Å². The van der Waals surface area contributed by atoms with Crippen LogP contribution < -0.4 is 0 Å². The topological polar surface area (TPSA) is 72.8 Å². The molecule has 0 radical (unpaired) electrons. The highest BCUT2D eigenvalue weighted by atomic mass is 31.1. The van der Waals surface area contributed by atoms with Crippen LogP contribution in [0.15, 0.2) is 0 Å². The molecule has 0 spiro atoms. The van der Waals surface area contributed by atoms with E-state index < -0.39 is 25.9 Å². The fraction of sp³-hybridized carbons (Fsp3) is 0.917. The number of carboxylic acid groups (broad SMARTS) is 1. The van der Waals surface area contributed by atoms with Gasteiger partial charge < -0.3 is 14.6 Å². The molecule has 1 N–H and O–H groups in total. The zero-order chi connectivity index (χ0) is 14.2. The maximum absolute atomic E-state index is 11.5. The zero-order valence-electron chi connectivity index (χ0n) is 11.6. The quantitative estimate of drug-likeness (QED) is 0.491. The van der Waals surface area contributed by atoms with Gasteiger partial charge in [-0.05, 0) is 26.2 Å². The summed E-state index contributed by atoms with van der Waals surface area (Å²) in [6.07, 6.45) is 0.495. The van der Waals surface area contributed by atoms with Crippen LogP contribution in [0.4, 0.5) is 0 Å². The van der Waals surface area contributed by atoms with Crippen molar-refractivity contribution in [1.82, 2.24) is 0 Å². The predicted molar refractivity (Wildman–Crippen MR) is 70.2 cm³/mol. The van der Waals surface area contributed by atoms with Crippen molar-refractivity contribution < 1.29 is 23.9 Å². The summed E-state index contributed by atoms with van der Waals surface area (Å²) in [5, 5.41) is 8.98. The van der Waals surface area contributed by atoms with Crippen LogP contribution in [0, 0.1) is 11.8 Å². The average Bonchev–Trinajstić information content (AvgIpc) is 2.26. The lowest BCUT2D eigenvalue weighted by molar-refractivity contribution is -0.207. The zero-order valence-corrected chi connectivity index (χ0v) is 12.6. The Morgan fingerprint density at radius 1 is 1.28 bits per heavy atom. The number of hydrogen-bond donors (Lipinski definition) is 1. The molecule has 0 saturated heterocycles. The molecule has 0 amide bonds. The molecule has 18 heavy (non-hydrogen) atoms. The van der Waals surface area contributed by atoms with Crippen LogP contribution in [0.5, 0.6) is 0 Å². The minimum absolute atomic E-state index is 0.104. The Morgan fingerprint density at radius 2 is 1.78 bits per heavy atom. The van der Waals surface area contributed by atoms with Gasteiger partial charge in [0, 0.05) is 0 Å². The minimum atomic E-state index is -1.29. The molecule has 0 bridgehead atoms. The van der Waals surface area contributed by atoms with Crippen LogP contribution in [0.3, 0.4) is 0 Å². The van der Waals surface area contributed by atoms with Crippen molar-refractivity contribution in [2.45, 2.75) is 46.1 Å². The number of ether oxygens (including phenoxy) is 2. The van der Waals surface area contributed by atoms with E-state index in [1.807, 2.05) is 13.8 Å².